The molecule has 2 N–H and O–H groups in total. The predicted octanol–water partition coefficient (Wildman–Crippen LogP) is 1.34. The molecule has 0 radical (unpaired) electrons. The Morgan fingerprint density at radius 1 is 0.682 bits per heavy atom. The first-order chi connectivity index (χ1) is 10.6. The number of hydrogen-bond acceptors (Lipinski definition) is 6. The van der Waals surface area contributed by atoms with Crippen LogP contribution >= 0.6 is 0 Å². The fourth-order valence-corrected chi connectivity index (χ4v) is 1.62. The van der Waals surface area contributed by atoms with E-state index in [9.17, 15) is 19.8 Å². The van der Waals surface area contributed by atoms with Crippen LogP contribution in [0.4, 0.5) is 0 Å². The number of aliphatic hydroxyl groups is 2. The SMILES string of the molecule is O=C(O[C@@H](O)[C@H](O)OC(=O)c1ccccc1)c1ccccc1. The highest BCUT2D eigenvalue weighted by atomic mass is 16.7. The second-order valence-electron chi connectivity index (χ2n) is 4.32. The summed E-state index contributed by atoms with van der Waals surface area (Å²) >= 11 is 0. The monoisotopic (exact) mass is 302 g/mol. The van der Waals surface area contributed by atoms with Gasteiger partial charge in [-0.1, -0.05) is 36.4 Å². The maximum atomic E-state index is 11.7. The lowest BCUT2D eigenvalue weighted by Gasteiger charge is -2.18. The van der Waals surface area contributed by atoms with E-state index in [0.717, 1.165) is 0 Å². The Labute approximate surface area is 126 Å². The van der Waals surface area contributed by atoms with Crippen LogP contribution in [0.5, 0.6) is 0 Å². The van der Waals surface area contributed by atoms with Gasteiger partial charge in [-0.3, -0.25) is 0 Å². The van der Waals surface area contributed by atoms with Crippen LogP contribution in [0.15, 0.2) is 60.7 Å². The van der Waals surface area contributed by atoms with Crippen molar-refractivity contribution in [1.82, 2.24) is 0 Å². The number of esters is 2. The molecular formula is C16H14O6. The second-order valence-corrected chi connectivity index (χ2v) is 4.32. The quantitative estimate of drug-likeness (QED) is 0.639. The lowest BCUT2D eigenvalue weighted by Crippen LogP contribution is -2.35. The van der Waals surface area contributed by atoms with Crippen molar-refractivity contribution in [3.63, 3.8) is 0 Å². The Morgan fingerprint density at radius 3 is 1.32 bits per heavy atom. The Kier molecular flexibility index (Phi) is 5.24. The molecule has 2 rings (SSSR count). The molecule has 6 nitrogen and oxygen atoms in total. The molecule has 6 heteroatoms. The summed E-state index contributed by atoms with van der Waals surface area (Å²) in [7, 11) is 0. The highest BCUT2D eigenvalue weighted by Gasteiger charge is 2.25. The third-order valence-corrected chi connectivity index (χ3v) is 2.72. The van der Waals surface area contributed by atoms with Crippen LogP contribution in [0.3, 0.4) is 0 Å². The van der Waals surface area contributed by atoms with Crippen molar-refractivity contribution in [1.29, 1.82) is 0 Å². The van der Waals surface area contributed by atoms with E-state index in [1.165, 1.54) is 24.3 Å². The largest absolute Gasteiger partial charge is 0.425 e. The van der Waals surface area contributed by atoms with Gasteiger partial charge in [0, 0.05) is 0 Å². The van der Waals surface area contributed by atoms with E-state index in [0.29, 0.717) is 0 Å². The summed E-state index contributed by atoms with van der Waals surface area (Å²) in [6.07, 6.45) is -3.97. The van der Waals surface area contributed by atoms with E-state index in [1.807, 2.05) is 0 Å². The number of carbonyl (C=O) groups excluding carboxylic acids is 2. The zero-order valence-corrected chi connectivity index (χ0v) is 11.5. The summed E-state index contributed by atoms with van der Waals surface area (Å²) in [4.78, 5) is 23.4. The minimum absolute atomic E-state index is 0.197. The maximum Gasteiger partial charge on any atom is 0.340 e. The fourth-order valence-electron chi connectivity index (χ4n) is 1.62. The average Bonchev–Trinajstić information content (AvgIpc) is 2.56. The molecule has 2 aromatic carbocycles. The van der Waals surface area contributed by atoms with Crippen molar-refractivity contribution in [2.24, 2.45) is 0 Å². The zero-order valence-electron chi connectivity index (χ0n) is 11.5. The molecule has 0 spiro atoms. The van der Waals surface area contributed by atoms with E-state index >= 15 is 0 Å². The topological polar surface area (TPSA) is 93.1 Å². The first-order valence-corrected chi connectivity index (χ1v) is 6.46. The molecule has 0 heterocycles. The van der Waals surface area contributed by atoms with Crippen LogP contribution in [0, 0.1) is 0 Å². The molecule has 0 unspecified atom stereocenters. The van der Waals surface area contributed by atoms with Gasteiger partial charge < -0.3 is 19.7 Å². The van der Waals surface area contributed by atoms with Gasteiger partial charge in [0.05, 0.1) is 11.1 Å². The predicted molar refractivity (Wildman–Crippen MR) is 75.7 cm³/mol. The maximum absolute atomic E-state index is 11.7. The lowest BCUT2D eigenvalue weighted by molar-refractivity contribution is -0.209. The van der Waals surface area contributed by atoms with Crippen molar-refractivity contribution in [3.8, 4) is 0 Å². The van der Waals surface area contributed by atoms with E-state index in [2.05, 4.69) is 9.47 Å². The molecule has 2 aromatic rings. The van der Waals surface area contributed by atoms with Crippen molar-refractivity contribution >= 4 is 11.9 Å². The Balaban J connectivity index is 1.91. The van der Waals surface area contributed by atoms with E-state index in [4.69, 9.17) is 0 Å². The van der Waals surface area contributed by atoms with Crippen molar-refractivity contribution < 1.29 is 29.3 Å². The summed E-state index contributed by atoms with van der Waals surface area (Å²) in [5, 5.41) is 19.1. The van der Waals surface area contributed by atoms with Gasteiger partial charge in [-0.25, -0.2) is 9.59 Å². The minimum Gasteiger partial charge on any atom is -0.425 e. The van der Waals surface area contributed by atoms with Crippen LogP contribution in [-0.2, 0) is 9.47 Å². The van der Waals surface area contributed by atoms with Crippen LogP contribution in [0.25, 0.3) is 0 Å². The van der Waals surface area contributed by atoms with Crippen LogP contribution in [0.2, 0.25) is 0 Å². The van der Waals surface area contributed by atoms with E-state index in [-0.39, 0.29) is 11.1 Å². The van der Waals surface area contributed by atoms with Gasteiger partial charge in [0.25, 0.3) is 12.6 Å². The first kappa shape index (κ1) is 15.7. The third-order valence-electron chi connectivity index (χ3n) is 2.72. The van der Waals surface area contributed by atoms with Crippen molar-refractivity contribution in [2.45, 2.75) is 12.6 Å². The normalized spacial score (nSPS) is 13.0. The van der Waals surface area contributed by atoms with Crippen LogP contribution < -0.4 is 0 Å². The Hall–Kier alpha value is -2.70. The zero-order chi connectivity index (χ0) is 15.9. The summed E-state index contributed by atoms with van der Waals surface area (Å²) < 4.78 is 9.25. The molecular weight excluding hydrogens is 288 g/mol. The molecule has 0 amide bonds. The number of ether oxygens (including phenoxy) is 2. The van der Waals surface area contributed by atoms with Gasteiger partial charge in [0.15, 0.2) is 0 Å². The first-order valence-electron chi connectivity index (χ1n) is 6.46. The van der Waals surface area contributed by atoms with Gasteiger partial charge in [-0.2, -0.15) is 0 Å². The molecule has 0 aromatic heterocycles. The van der Waals surface area contributed by atoms with E-state index in [1.54, 1.807) is 36.4 Å². The summed E-state index contributed by atoms with van der Waals surface area (Å²) in [5.41, 5.74) is 0.395. The van der Waals surface area contributed by atoms with Gasteiger partial charge in [0.2, 0.25) is 0 Å². The van der Waals surface area contributed by atoms with Crippen molar-refractivity contribution in [3.05, 3.63) is 71.8 Å². The molecule has 0 aliphatic rings. The molecule has 0 aliphatic carbocycles. The highest BCUT2D eigenvalue weighted by molar-refractivity contribution is 5.90. The molecule has 0 saturated carbocycles. The number of aliphatic hydroxyl groups excluding tert-OH is 2. The highest BCUT2D eigenvalue weighted by Crippen LogP contribution is 2.08. The summed E-state index contributed by atoms with van der Waals surface area (Å²) in [6, 6.07) is 15.8. The average molecular weight is 302 g/mol. The lowest BCUT2D eigenvalue weighted by atomic mass is 10.2. The minimum atomic E-state index is -1.99. The molecule has 0 fully saturated rings. The van der Waals surface area contributed by atoms with Gasteiger partial charge in [0.1, 0.15) is 0 Å². The molecule has 22 heavy (non-hydrogen) atoms. The third kappa shape index (κ3) is 4.15. The number of hydrogen-bond donors (Lipinski definition) is 2. The van der Waals surface area contributed by atoms with Crippen LogP contribution in [-0.4, -0.2) is 34.7 Å². The molecule has 0 saturated heterocycles. The Morgan fingerprint density at radius 2 is 1.00 bits per heavy atom. The Bertz CT molecular complexity index is 568. The molecule has 2 atom stereocenters. The van der Waals surface area contributed by atoms with Gasteiger partial charge in [-0.05, 0) is 24.3 Å². The standard InChI is InChI=1S/C16H14O6/c17-13(11-7-3-1-4-8-11)21-15(19)16(20)22-14(18)12-9-5-2-6-10-12/h1-10,15-16,19-20H/t15-,16-/m1/s1. The van der Waals surface area contributed by atoms with Crippen molar-refractivity contribution in [2.75, 3.05) is 0 Å². The number of carbonyl (C=O) groups is 2. The molecule has 0 bridgehead atoms. The number of benzene rings is 2. The van der Waals surface area contributed by atoms with Gasteiger partial charge in [-0.15, -0.1) is 0 Å². The number of rotatable bonds is 5. The van der Waals surface area contributed by atoms with Crippen LogP contribution in [0.1, 0.15) is 20.7 Å². The summed E-state index contributed by atoms with van der Waals surface area (Å²) in [6.45, 7) is 0. The molecule has 114 valence electrons. The fraction of sp³-hybridized carbons (Fsp3) is 0.125. The van der Waals surface area contributed by atoms with E-state index < -0.39 is 24.5 Å². The van der Waals surface area contributed by atoms with Gasteiger partial charge >= 0.3 is 11.9 Å². The molecule has 0 aliphatic heterocycles. The summed E-state index contributed by atoms with van der Waals surface area (Å²) in [5.74, 6) is -1.69. The second kappa shape index (κ2) is 7.35. The smallest absolute Gasteiger partial charge is 0.340 e.